The van der Waals surface area contributed by atoms with Crippen molar-refractivity contribution in [2.75, 3.05) is 0 Å². The van der Waals surface area contributed by atoms with Crippen molar-refractivity contribution in [1.29, 1.82) is 0 Å². The first-order valence-corrected chi connectivity index (χ1v) is 5.43. The summed E-state index contributed by atoms with van der Waals surface area (Å²) in [5.41, 5.74) is 0. The SMILES string of the molecule is O=C([O-])CCCCCC[n+]1ccccc1. The van der Waals surface area contributed by atoms with Gasteiger partial charge in [0.05, 0.1) is 0 Å². The highest BCUT2D eigenvalue weighted by Crippen LogP contribution is 2.02. The number of carboxylic acid groups (broad SMARTS) is 1. The van der Waals surface area contributed by atoms with E-state index < -0.39 is 5.97 Å². The maximum atomic E-state index is 10.1. The molecule has 3 nitrogen and oxygen atoms in total. The van der Waals surface area contributed by atoms with Gasteiger partial charge in [-0.1, -0.05) is 12.5 Å². The summed E-state index contributed by atoms with van der Waals surface area (Å²) < 4.78 is 2.14. The number of carbonyl (C=O) groups excluding carboxylic acids is 1. The third kappa shape index (κ3) is 5.83. The summed E-state index contributed by atoms with van der Waals surface area (Å²) in [5.74, 6) is -0.938. The Hall–Kier alpha value is -1.38. The molecule has 0 atom stereocenters. The second kappa shape index (κ2) is 6.98. The Kier molecular flexibility index (Phi) is 5.44. The number of carbonyl (C=O) groups is 1. The quantitative estimate of drug-likeness (QED) is 0.487. The number of unbranched alkanes of at least 4 members (excludes halogenated alkanes) is 3. The summed E-state index contributed by atoms with van der Waals surface area (Å²) in [6.45, 7) is 1.01. The van der Waals surface area contributed by atoms with Crippen molar-refractivity contribution < 1.29 is 14.5 Å². The number of pyridine rings is 1. The number of carboxylic acids is 1. The Morgan fingerprint density at radius 2 is 1.67 bits per heavy atom. The Labute approximate surface area is 90.4 Å². The van der Waals surface area contributed by atoms with Gasteiger partial charge in [0.25, 0.3) is 0 Å². The van der Waals surface area contributed by atoms with E-state index in [4.69, 9.17) is 0 Å². The monoisotopic (exact) mass is 207 g/mol. The lowest BCUT2D eigenvalue weighted by molar-refractivity contribution is -0.697. The molecule has 0 aromatic carbocycles. The highest BCUT2D eigenvalue weighted by atomic mass is 16.4. The normalized spacial score (nSPS) is 10.1. The summed E-state index contributed by atoms with van der Waals surface area (Å²) in [6, 6.07) is 6.02. The highest BCUT2D eigenvalue weighted by molar-refractivity contribution is 5.63. The second-order valence-electron chi connectivity index (χ2n) is 3.65. The Bertz CT molecular complexity index is 285. The molecule has 0 spiro atoms. The number of aryl methyl sites for hydroxylation is 1. The molecule has 15 heavy (non-hydrogen) atoms. The number of hydrogen-bond donors (Lipinski definition) is 0. The largest absolute Gasteiger partial charge is 0.550 e. The van der Waals surface area contributed by atoms with Crippen LogP contribution in [0.1, 0.15) is 32.1 Å². The average molecular weight is 207 g/mol. The van der Waals surface area contributed by atoms with Crippen molar-refractivity contribution in [2.24, 2.45) is 0 Å². The molecule has 82 valence electrons. The van der Waals surface area contributed by atoms with Crippen molar-refractivity contribution in [3.05, 3.63) is 30.6 Å². The molecular formula is C12H17NO2. The molecule has 1 rings (SSSR count). The number of hydrogen-bond acceptors (Lipinski definition) is 2. The molecule has 1 heterocycles. The fraction of sp³-hybridized carbons (Fsp3) is 0.500. The van der Waals surface area contributed by atoms with Crippen LogP contribution >= 0.6 is 0 Å². The topological polar surface area (TPSA) is 44.0 Å². The first kappa shape index (κ1) is 11.7. The molecule has 0 bridgehead atoms. The zero-order chi connectivity index (χ0) is 10.9. The van der Waals surface area contributed by atoms with Crippen molar-refractivity contribution >= 4 is 5.97 Å². The van der Waals surface area contributed by atoms with Crippen molar-refractivity contribution in [2.45, 2.75) is 38.6 Å². The summed E-state index contributed by atoms with van der Waals surface area (Å²) >= 11 is 0. The van der Waals surface area contributed by atoms with Crippen LogP contribution in [0.15, 0.2) is 30.6 Å². The Morgan fingerprint density at radius 3 is 2.33 bits per heavy atom. The molecule has 0 radical (unpaired) electrons. The van der Waals surface area contributed by atoms with Crippen LogP contribution < -0.4 is 9.67 Å². The predicted octanol–water partition coefficient (Wildman–Crippen LogP) is 0.674. The van der Waals surface area contributed by atoms with Gasteiger partial charge in [0.1, 0.15) is 6.54 Å². The van der Waals surface area contributed by atoms with E-state index in [1.807, 2.05) is 30.6 Å². The fourth-order valence-electron chi connectivity index (χ4n) is 1.50. The predicted molar refractivity (Wildman–Crippen MR) is 54.7 cm³/mol. The van der Waals surface area contributed by atoms with Gasteiger partial charge in [-0.15, -0.1) is 0 Å². The minimum absolute atomic E-state index is 0.193. The van der Waals surface area contributed by atoms with Gasteiger partial charge >= 0.3 is 0 Å². The van der Waals surface area contributed by atoms with E-state index >= 15 is 0 Å². The number of aliphatic carboxylic acids is 1. The third-order valence-electron chi connectivity index (χ3n) is 2.32. The summed E-state index contributed by atoms with van der Waals surface area (Å²) in [7, 11) is 0. The van der Waals surface area contributed by atoms with Gasteiger partial charge < -0.3 is 9.90 Å². The third-order valence-corrected chi connectivity index (χ3v) is 2.32. The first-order valence-electron chi connectivity index (χ1n) is 5.43. The van der Waals surface area contributed by atoms with Gasteiger partial charge in [-0.2, -0.15) is 0 Å². The maximum Gasteiger partial charge on any atom is 0.168 e. The number of aromatic nitrogens is 1. The zero-order valence-corrected chi connectivity index (χ0v) is 8.89. The van der Waals surface area contributed by atoms with Crippen molar-refractivity contribution in [3.63, 3.8) is 0 Å². The molecule has 0 aliphatic rings. The smallest absolute Gasteiger partial charge is 0.168 e. The lowest BCUT2D eigenvalue weighted by atomic mass is 10.1. The van der Waals surface area contributed by atoms with Crippen LogP contribution in [0.3, 0.4) is 0 Å². The Morgan fingerprint density at radius 1 is 1.00 bits per heavy atom. The zero-order valence-electron chi connectivity index (χ0n) is 8.89. The van der Waals surface area contributed by atoms with E-state index in [1.165, 1.54) is 0 Å². The van der Waals surface area contributed by atoms with Gasteiger partial charge in [-0.25, -0.2) is 4.57 Å². The van der Waals surface area contributed by atoms with E-state index in [2.05, 4.69) is 4.57 Å². The molecule has 3 heteroatoms. The van der Waals surface area contributed by atoms with Crippen molar-refractivity contribution in [3.8, 4) is 0 Å². The first-order chi connectivity index (χ1) is 7.29. The molecular weight excluding hydrogens is 190 g/mol. The van der Waals surface area contributed by atoms with Crippen LogP contribution in [0, 0.1) is 0 Å². The number of nitrogens with zero attached hydrogens (tertiary/aromatic N) is 1. The van der Waals surface area contributed by atoms with Crippen LogP contribution in [0.5, 0.6) is 0 Å². The lowest BCUT2D eigenvalue weighted by Crippen LogP contribution is -2.32. The van der Waals surface area contributed by atoms with Crippen LogP contribution in [-0.2, 0) is 11.3 Å². The summed E-state index contributed by atoms with van der Waals surface area (Å²) in [5, 5.41) is 10.1. The molecule has 0 unspecified atom stereocenters. The van der Waals surface area contributed by atoms with E-state index in [0.717, 1.165) is 32.2 Å². The van der Waals surface area contributed by atoms with Gasteiger partial charge in [0.15, 0.2) is 12.4 Å². The van der Waals surface area contributed by atoms with E-state index in [9.17, 15) is 9.90 Å². The average Bonchev–Trinajstić information content (AvgIpc) is 2.24. The van der Waals surface area contributed by atoms with Crippen LogP contribution in [0.25, 0.3) is 0 Å². The molecule has 0 amide bonds. The van der Waals surface area contributed by atoms with Gasteiger partial charge in [0.2, 0.25) is 0 Å². The minimum atomic E-state index is -0.938. The molecule has 0 aliphatic carbocycles. The standard InChI is InChI=1S/C12H17NO2/c14-12(15)8-4-1-2-5-9-13-10-6-3-7-11-13/h3,6-7,10-11H,1-2,4-5,8-9H2. The molecule has 0 saturated carbocycles. The summed E-state index contributed by atoms with van der Waals surface area (Å²) in [6.07, 6.45) is 8.17. The molecule has 0 aliphatic heterocycles. The second-order valence-corrected chi connectivity index (χ2v) is 3.65. The van der Waals surface area contributed by atoms with Crippen LogP contribution in [-0.4, -0.2) is 5.97 Å². The van der Waals surface area contributed by atoms with Gasteiger partial charge in [-0.05, 0) is 19.3 Å². The molecule has 1 aromatic rings. The lowest BCUT2D eigenvalue weighted by Gasteiger charge is -2.00. The molecule has 1 aromatic heterocycles. The maximum absolute atomic E-state index is 10.1. The van der Waals surface area contributed by atoms with E-state index in [0.29, 0.717) is 0 Å². The molecule has 0 N–H and O–H groups in total. The highest BCUT2D eigenvalue weighted by Gasteiger charge is 1.97. The fourth-order valence-corrected chi connectivity index (χ4v) is 1.50. The number of rotatable bonds is 7. The van der Waals surface area contributed by atoms with E-state index in [1.54, 1.807) is 0 Å². The molecule has 0 fully saturated rings. The Balaban J connectivity index is 2.00. The van der Waals surface area contributed by atoms with E-state index in [-0.39, 0.29) is 6.42 Å². The minimum Gasteiger partial charge on any atom is -0.550 e. The van der Waals surface area contributed by atoms with Crippen LogP contribution in [0.2, 0.25) is 0 Å². The molecule has 0 saturated heterocycles. The van der Waals surface area contributed by atoms with Crippen LogP contribution in [0.4, 0.5) is 0 Å². The summed E-state index contributed by atoms with van der Waals surface area (Å²) in [4.78, 5) is 10.1. The van der Waals surface area contributed by atoms with Crippen molar-refractivity contribution in [1.82, 2.24) is 0 Å². The van der Waals surface area contributed by atoms with Gasteiger partial charge in [-0.3, -0.25) is 0 Å². The van der Waals surface area contributed by atoms with Gasteiger partial charge in [0, 0.05) is 24.5 Å².